The van der Waals surface area contributed by atoms with Crippen molar-refractivity contribution in [2.45, 2.75) is 19.5 Å². The molecule has 0 saturated carbocycles. The number of benzene rings is 1. The summed E-state index contributed by atoms with van der Waals surface area (Å²) in [7, 11) is 0. The van der Waals surface area contributed by atoms with E-state index in [2.05, 4.69) is 33.9 Å². The van der Waals surface area contributed by atoms with Crippen LogP contribution in [0.5, 0.6) is 0 Å². The molecule has 126 valence electrons. The van der Waals surface area contributed by atoms with Crippen molar-refractivity contribution in [1.29, 1.82) is 0 Å². The fraction of sp³-hybridized carbons (Fsp3) is 0.150. The molecule has 3 heterocycles. The number of H-pyrrole nitrogens is 1. The predicted molar refractivity (Wildman–Crippen MR) is 105 cm³/mol. The third-order valence-electron chi connectivity index (χ3n) is 4.22. The van der Waals surface area contributed by atoms with Crippen LogP contribution in [0.1, 0.15) is 15.3 Å². The van der Waals surface area contributed by atoms with Gasteiger partial charge in [0.2, 0.25) is 5.91 Å². The Kier molecular flexibility index (Phi) is 4.68. The summed E-state index contributed by atoms with van der Waals surface area (Å²) in [5.74, 6) is 0.159. The molecule has 0 aliphatic heterocycles. The highest BCUT2D eigenvalue weighted by Crippen LogP contribution is 2.21. The minimum absolute atomic E-state index is 0.159. The molecule has 0 fully saturated rings. The Morgan fingerprint density at radius 2 is 1.60 bits per heavy atom. The average molecular weight is 367 g/mol. The van der Waals surface area contributed by atoms with Crippen LogP contribution in [0.15, 0.2) is 65.5 Å². The van der Waals surface area contributed by atoms with Gasteiger partial charge in [0.25, 0.3) is 0 Å². The molecule has 1 N–H and O–H groups in total. The number of para-hydroxylation sites is 1. The first-order valence-corrected chi connectivity index (χ1v) is 9.93. The van der Waals surface area contributed by atoms with Gasteiger partial charge in [-0.05, 0) is 34.5 Å². The highest BCUT2D eigenvalue weighted by Gasteiger charge is 2.18. The average Bonchev–Trinajstić information content (AvgIpc) is 3.37. The Morgan fingerprint density at radius 1 is 0.920 bits per heavy atom. The maximum atomic E-state index is 13.0. The lowest BCUT2D eigenvalue weighted by atomic mass is 10.1. The van der Waals surface area contributed by atoms with E-state index in [0.29, 0.717) is 19.5 Å². The quantitative estimate of drug-likeness (QED) is 0.508. The molecular weight excluding hydrogens is 348 g/mol. The van der Waals surface area contributed by atoms with E-state index in [9.17, 15) is 4.79 Å². The molecule has 3 nitrogen and oxygen atoms in total. The van der Waals surface area contributed by atoms with Crippen LogP contribution in [0.4, 0.5) is 0 Å². The normalized spacial score (nSPS) is 11.0. The van der Waals surface area contributed by atoms with Gasteiger partial charge in [0.15, 0.2) is 0 Å². The van der Waals surface area contributed by atoms with E-state index in [0.717, 1.165) is 16.5 Å². The highest BCUT2D eigenvalue weighted by atomic mass is 32.1. The van der Waals surface area contributed by atoms with Gasteiger partial charge in [-0.25, -0.2) is 0 Å². The van der Waals surface area contributed by atoms with E-state index in [1.165, 1.54) is 9.75 Å². The predicted octanol–water partition coefficient (Wildman–Crippen LogP) is 5.06. The first-order chi connectivity index (χ1) is 12.3. The molecule has 25 heavy (non-hydrogen) atoms. The first-order valence-electron chi connectivity index (χ1n) is 8.17. The molecule has 1 amide bonds. The number of amides is 1. The fourth-order valence-electron chi connectivity index (χ4n) is 2.97. The number of nitrogens with one attached hydrogen (secondary N) is 1. The zero-order valence-corrected chi connectivity index (χ0v) is 15.3. The maximum absolute atomic E-state index is 13.0. The summed E-state index contributed by atoms with van der Waals surface area (Å²) < 4.78 is 0. The Hall–Kier alpha value is -2.37. The summed E-state index contributed by atoms with van der Waals surface area (Å²) in [4.78, 5) is 20.7. The molecule has 3 aromatic heterocycles. The fourth-order valence-corrected chi connectivity index (χ4v) is 4.41. The van der Waals surface area contributed by atoms with Gasteiger partial charge in [-0.3, -0.25) is 4.79 Å². The second-order valence-electron chi connectivity index (χ2n) is 5.94. The number of thiophene rings is 2. The zero-order valence-electron chi connectivity index (χ0n) is 13.6. The molecule has 0 radical (unpaired) electrons. The molecule has 0 unspecified atom stereocenters. The SMILES string of the molecule is O=C(Cc1c[nH]c2ccccc12)N(Cc1cccs1)Cc1cccs1. The highest BCUT2D eigenvalue weighted by molar-refractivity contribution is 7.10. The van der Waals surface area contributed by atoms with Crippen LogP contribution in [-0.4, -0.2) is 15.8 Å². The van der Waals surface area contributed by atoms with Crippen LogP contribution < -0.4 is 0 Å². The van der Waals surface area contributed by atoms with Crippen molar-refractivity contribution in [1.82, 2.24) is 9.88 Å². The summed E-state index contributed by atoms with van der Waals surface area (Å²) in [5.41, 5.74) is 2.14. The molecule has 0 atom stereocenters. The second kappa shape index (κ2) is 7.25. The number of aromatic amines is 1. The van der Waals surface area contributed by atoms with Crippen molar-refractivity contribution >= 4 is 39.5 Å². The Morgan fingerprint density at radius 3 is 2.24 bits per heavy atom. The molecule has 0 spiro atoms. The van der Waals surface area contributed by atoms with Gasteiger partial charge in [0.05, 0.1) is 19.5 Å². The van der Waals surface area contributed by atoms with Gasteiger partial charge in [0.1, 0.15) is 0 Å². The topological polar surface area (TPSA) is 36.1 Å². The van der Waals surface area contributed by atoms with Crippen LogP contribution in [0, 0.1) is 0 Å². The molecule has 4 aromatic rings. The lowest BCUT2D eigenvalue weighted by molar-refractivity contribution is -0.131. The zero-order chi connectivity index (χ0) is 17.1. The van der Waals surface area contributed by atoms with E-state index < -0.39 is 0 Å². The van der Waals surface area contributed by atoms with Gasteiger partial charge in [-0.1, -0.05) is 30.3 Å². The van der Waals surface area contributed by atoms with Crippen molar-refractivity contribution in [3.8, 4) is 0 Å². The van der Waals surface area contributed by atoms with Crippen molar-refractivity contribution in [3.63, 3.8) is 0 Å². The van der Waals surface area contributed by atoms with Crippen molar-refractivity contribution in [2.75, 3.05) is 0 Å². The minimum Gasteiger partial charge on any atom is -0.361 e. The van der Waals surface area contributed by atoms with Crippen LogP contribution in [-0.2, 0) is 24.3 Å². The van der Waals surface area contributed by atoms with Gasteiger partial charge < -0.3 is 9.88 Å². The first kappa shape index (κ1) is 16.1. The number of hydrogen-bond acceptors (Lipinski definition) is 3. The van der Waals surface area contributed by atoms with Crippen molar-refractivity contribution in [2.24, 2.45) is 0 Å². The second-order valence-corrected chi connectivity index (χ2v) is 8.01. The van der Waals surface area contributed by atoms with Gasteiger partial charge >= 0.3 is 0 Å². The van der Waals surface area contributed by atoms with Crippen molar-refractivity contribution in [3.05, 3.63) is 80.8 Å². The van der Waals surface area contributed by atoms with E-state index >= 15 is 0 Å². The molecule has 0 bridgehead atoms. The van der Waals surface area contributed by atoms with Crippen molar-refractivity contribution < 1.29 is 4.79 Å². The molecule has 0 aliphatic rings. The van der Waals surface area contributed by atoms with Gasteiger partial charge in [-0.15, -0.1) is 22.7 Å². The minimum atomic E-state index is 0.159. The van der Waals surface area contributed by atoms with Crippen LogP contribution >= 0.6 is 22.7 Å². The summed E-state index contributed by atoms with van der Waals surface area (Å²) >= 11 is 3.39. The number of nitrogens with zero attached hydrogens (tertiary/aromatic N) is 1. The Labute approximate surface area is 154 Å². The smallest absolute Gasteiger partial charge is 0.227 e. The third kappa shape index (κ3) is 3.67. The summed E-state index contributed by atoms with van der Waals surface area (Å²) in [6.07, 6.45) is 2.37. The Bertz CT molecular complexity index is 919. The van der Waals surface area contributed by atoms with Crippen LogP contribution in [0.25, 0.3) is 10.9 Å². The lowest BCUT2D eigenvalue weighted by Crippen LogP contribution is -2.30. The lowest BCUT2D eigenvalue weighted by Gasteiger charge is -2.21. The number of carbonyl (C=O) groups is 1. The largest absolute Gasteiger partial charge is 0.361 e. The van der Waals surface area contributed by atoms with E-state index in [1.54, 1.807) is 22.7 Å². The van der Waals surface area contributed by atoms with E-state index in [-0.39, 0.29) is 5.91 Å². The molecular formula is C20H18N2OS2. The molecule has 0 saturated heterocycles. The van der Waals surface area contributed by atoms with E-state index in [4.69, 9.17) is 0 Å². The molecule has 1 aromatic carbocycles. The van der Waals surface area contributed by atoms with Crippen LogP contribution in [0.3, 0.4) is 0 Å². The van der Waals surface area contributed by atoms with Gasteiger partial charge in [0, 0.05) is 26.9 Å². The maximum Gasteiger partial charge on any atom is 0.227 e. The standard InChI is InChI=1S/C20H18N2OS2/c23-20(11-15-12-21-19-8-2-1-7-18(15)19)22(13-16-5-3-9-24-16)14-17-6-4-10-25-17/h1-10,12,21H,11,13-14H2. The molecule has 0 aliphatic carbocycles. The number of carbonyl (C=O) groups excluding carboxylic acids is 1. The Balaban J connectivity index is 1.56. The van der Waals surface area contributed by atoms with E-state index in [1.807, 2.05) is 41.4 Å². The van der Waals surface area contributed by atoms with Gasteiger partial charge in [-0.2, -0.15) is 0 Å². The number of hydrogen-bond donors (Lipinski definition) is 1. The monoisotopic (exact) mass is 366 g/mol. The number of rotatable bonds is 6. The molecule has 4 rings (SSSR count). The number of aromatic nitrogens is 1. The summed E-state index contributed by atoms with van der Waals surface area (Å²) in [6, 6.07) is 16.4. The third-order valence-corrected chi connectivity index (χ3v) is 5.95. The summed E-state index contributed by atoms with van der Waals surface area (Å²) in [5, 5.41) is 5.24. The molecule has 5 heteroatoms. The number of fused-ring (bicyclic) bond motifs is 1. The summed E-state index contributed by atoms with van der Waals surface area (Å²) in [6.45, 7) is 1.33. The van der Waals surface area contributed by atoms with Crippen LogP contribution in [0.2, 0.25) is 0 Å².